The van der Waals surface area contributed by atoms with Gasteiger partial charge in [0.2, 0.25) is 5.91 Å². The first-order valence-corrected chi connectivity index (χ1v) is 7.34. The lowest BCUT2D eigenvalue weighted by Gasteiger charge is -2.35. The molecular weight excluding hydrogens is 311 g/mol. The van der Waals surface area contributed by atoms with Crippen molar-refractivity contribution >= 4 is 35.6 Å². The molecule has 0 saturated carbocycles. The van der Waals surface area contributed by atoms with Gasteiger partial charge in [0.15, 0.2) is 0 Å². The van der Waals surface area contributed by atoms with Crippen molar-refractivity contribution in [2.75, 3.05) is 25.0 Å². The van der Waals surface area contributed by atoms with Crippen molar-refractivity contribution < 1.29 is 9.53 Å². The molecule has 0 aromatic heterocycles. The van der Waals surface area contributed by atoms with Crippen LogP contribution in [0.1, 0.15) is 20.3 Å². The maximum Gasteiger partial charge on any atom is 0.225 e. The first-order chi connectivity index (χ1) is 9.54. The second-order valence-electron chi connectivity index (χ2n) is 5.29. The monoisotopic (exact) mass is 332 g/mol. The third-order valence-corrected chi connectivity index (χ3v) is 3.63. The Balaban J connectivity index is 0.00000220. The maximum atomic E-state index is 11.9. The Labute approximate surface area is 137 Å². The van der Waals surface area contributed by atoms with Crippen molar-refractivity contribution in [2.45, 2.75) is 32.5 Å². The van der Waals surface area contributed by atoms with E-state index in [-0.39, 0.29) is 30.5 Å². The lowest BCUT2D eigenvalue weighted by Crippen LogP contribution is -2.46. The van der Waals surface area contributed by atoms with Crippen molar-refractivity contribution in [1.82, 2.24) is 4.90 Å². The van der Waals surface area contributed by atoms with Crippen molar-refractivity contribution in [3.63, 3.8) is 0 Å². The molecule has 6 heteroatoms. The lowest BCUT2D eigenvalue weighted by molar-refractivity contribution is -0.117. The van der Waals surface area contributed by atoms with E-state index in [0.29, 0.717) is 17.1 Å². The second-order valence-corrected chi connectivity index (χ2v) is 5.70. The molecule has 2 rings (SSSR count). The summed E-state index contributed by atoms with van der Waals surface area (Å²) in [4.78, 5) is 14.2. The van der Waals surface area contributed by atoms with Gasteiger partial charge in [-0.05, 0) is 26.0 Å². The fraction of sp³-hybridized carbons (Fsp3) is 0.533. The molecule has 0 aliphatic carbocycles. The van der Waals surface area contributed by atoms with Crippen LogP contribution in [-0.4, -0.2) is 42.6 Å². The molecule has 0 radical (unpaired) electrons. The molecule has 0 bridgehead atoms. The molecule has 0 spiro atoms. The average Bonchev–Trinajstić information content (AvgIpc) is 2.38. The molecule has 1 amide bonds. The predicted molar refractivity (Wildman–Crippen MR) is 88.4 cm³/mol. The first-order valence-electron chi connectivity index (χ1n) is 6.97. The summed E-state index contributed by atoms with van der Waals surface area (Å²) in [5.41, 5.74) is 0.669. The number of rotatable bonds is 4. The van der Waals surface area contributed by atoms with Crippen LogP contribution in [0.5, 0.6) is 0 Å². The van der Waals surface area contributed by atoms with Crippen molar-refractivity contribution in [2.24, 2.45) is 0 Å². The van der Waals surface area contributed by atoms with Crippen LogP contribution in [0.4, 0.5) is 5.69 Å². The number of halogens is 2. The molecule has 1 aliphatic heterocycles. The number of carbonyl (C=O) groups excluding carboxylic acids is 1. The van der Waals surface area contributed by atoms with Crippen LogP contribution in [0.15, 0.2) is 24.3 Å². The number of nitrogens with one attached hydrogen (secondary N) is 1. The maximum absolute atomic E-state index is 11.9. The topological polar surface area (TPSA) is 41.6 Å². The standard InChI is InChI=1S/C15H21ClN2O2.ClH/c1-11-9-18(10-12(2)20-11)8-7-15(19)17-14-6-4-3-5-13(14)16;/h3-6,11-12H,7-10H2,1-2H3,(H,17,19);1H. The van der Waals surface area contributed by atoms with Crippen molar-refractivity contribution in [3.05, 3.63) is 29.3 Å². The number of nitrogens with zero attached hydrogens (tertiary/aromatic N) is 1. The second kappa shape index (κ2) is 8.59. The van der Waals surface area contributed by atoms with Crippen molar-refractivity contribution in [1.29, 1.82) is 0 Å². The number of hydrogen-bond donors (Lipinski definition) is 1. The summed E-state index contributed by atoms with van der Waals surface area (Å²) in [6.07, 6.45) is 0.917. The SMILES string of the molecule is CC1CN(CCC(=O)Nc2ccccc2Cl)CC(C)O1.Cl. The van der Waals surface area contributed by atoms with E-state index in [2.05, 4.69) is 24.1 Å². The Morgan fingerprint density at radius 2 is 1.95 bits per heavy atom. The van der Waals surface area contributed by atoms with E-state index in [1.807, 2.05) is 12.1 Å². The summed E-state index contributed by atoms with van der Waals surface area (Å²) in [5.74, 6) is -0.00935. The van der Waals surface area contributed by atoms with E-state index < -0.39 is 0 Å². The molecule has 1 heterocycles. The highest BCUT2D eigenvalue weighted by molar-refractivity contribution is 6.33. The minimum atomic E-state index is -0.00935. The van der Waals surface area contributed by atoms with Gasteiger partial charge < -0.3 is 10.1 Å². The van der Waals surface area contributed by atoms with E-state index in [9.17, 15) is 4.79 Å². The quantitative estimate of drug-likeness (QED) is 0.920. The van der Waals surface area contributed by atoms with Crippen LogP contribution in [0, 0.1) is 0 Å². The molecular formula is C15H22Cl2N2O2. The van der Waals surface area contributed by atoms with Gasteiger partial charge in [0.05, 0.1) is 22.9 Å². The third-order valence-electron chi connectivity index (χ3n) is 3.30. The van der Waals surface area contributed by atoms with Gasteiger partial charge in [0, 0.05) is 26.1 Å². The molecule has 118 valence electrons. The van der Waals surface area contributed by atoms with E-state index in [4.69, 9.17) is 16.3 Å². The smallest absolute Gasteiger partial charge is 0.225 e. The van der Waals surface area contributed by atoms with Crippen LogP contribution in [0.2, 0.25) is 5.02 Å². The largest absolute Gasteiger partial charge is 0.373 e. The highest BCUT2D eigenvalue weighted by atomic mass is 35.5. The number of benzene rings is 1. The highest BCUT2D eigenvalue weighted by Crippen LogP contribution is 2.20. The number of para-hydroxylation sites is 1. The van der Waals surface area contributed by atoms with Gasteiger partial charge in [-0.3, -0.25) is 9.69 Å². The molecule has 2 unspecified atom stereocenters. The zero-order chi connectivity index (χ0) is 14.5. The minimum absolute atomic E-state index is 0. The lowest BCUT2D eigenvalue weighted by atomic mass is 10.2. The average molecular weight is 333 g/mol. The van der Waals surface area contributed by atoms with E-state index in [1.54, 1.807) is 12.1 Å². The molecule has 1 aromatic rings. The summed E-state index contributed by atoms with van der Waals surface area (Å²) in [7, 11) is 0. The third kappa shape index (κ3) is 5.83. The zero-order valence-electron chi connectivity index (χ0n) is 12.3. The van der Waals surface area contributed by atoms with Gasteiger partial charge in [-0.2, -0.15) is 0 Å². The van der Waals surface area contributed by atoms with Gasteiger partial charge in [0.1, 0.15) is 0 Å². The molecule has 1 aromatic carbocycles. The Hall–Kier alpha value is -0.810. The molecule has 1 aliphatic rings. The normalized spacial score (nSPS) is 22.4. The number of morpholine rings is 1. The predicted octanol–water partition coefficient (Wildman–Crippen LogP) is 3.20. The Kier molecular flexibility index (Phi) is 7.46. The summed E-state index contributed by atoms with van der Waals surface area (Å²) in [5, 5.41) is 3.41. The summed E-state index contributed by atoms with van der Waals surface area (Å²) in [6, 6.07) is 7.27. The van der Waals surface area contributed by atoms with Gasteiger partial charge in [0.25, 0.3) is 0 Å². The number of carbonyl (C=O) groups is 1. The number of amides is 1. The number of ether oxygens (including phenoxy) is 1. The zero-order valence-corrected chi connectivity index (χ0v) is 13.9. The van der Waals surface area contributed by atoms with Gasteiger partial charge in [-0.15, -0.1) is 12.4 Å². The van der Waals surface area contributed by atoms with E-state index >= 15 is 0 Å². The van der Waals surface area contributed by atoms with Gasteiger partial charge >= 0.3 is 0 Å². The fourth-order valence-corrected chi connectivity index (χ4v) is 2.68. The molecule has 1 saturated heterocycles. The van der Waals surface area contributed by atoms with Crippen LogP contribution >= 0.6 is 24.0 Å². The van der Waals surface area contributed by atoms with Crippen LogP contribution in [-0.2, 0) is 9.53 Å². The molecule has 21 heavy (non-hydrogen) atoms. The van der Waals surface area contributed by atoms with E-state index in [0.717, 1.165) is 19.6 Å². The summed E-state index contributed by atoms with van der Waals surface area (Å²) < 4.78 is 5.67. The van der Waals surface area contributed by atoms with Crippen LogP contribution in [0.3, 0.4) is 0 Å². The highest BCUT2D eigenvalue weighted by Gasteiger charge is 2.22. The number of anilines is 1. The van der Waals surface area contributed by atoms with Crippen molar-refractivity contribution in [3.8, 4) is 0 Å². The van der Waals surface area contributed by atoms with Gasteiger partial charge in [-0.1, -0.05) is 23.7 Å². The summed E-state index contributed by atoms with van der Waals surface area (Å²) >= 11 is 6.01. The molecule has 4 nitrogen and oxygen atoms in total. The summed E-state index contributed by atoms with van der Waals surface area (Å²) in [6.45, 7) is 6.63. The molecule has 1 fully saturated rings. The number of hydrogen-bond acceptors (Lipinski definition) is 3. The first kappa shape index (κ1) is 18.2. The van der Waals surface area contributed by atoms with Crippen LogP contribution < -0.4 is 5.32 Å². The molecule has 2 atom stereocenters. The Morgan fingerprint density at radius 3 is 2.57 bits per heavy atom. The Bertz CT molecular complexity index is 461. The van der Waals surface area contributed by atoms with E-state index in [1.165, 1.54) is 0 Å². The minimum Gasteiger partial charge on any atom is -0.373 e. The van der Waals surface area contributed by atoms with Gasteiger partial charge in [-0.25, -0.2) is 0 Å². The van der Waals surface area contributed by atoms with Crippen LogP contribution in [0.25, 0.3) is 0 Å². The Morgan fingerprint density at radius 1 is 1.33 bits per heavy atom. The fourth-order valence-electron chi connectivity index (χ4n) is 2.50. The molecule has 1 N–H and O–H groups in total.